The molecule has 0 N–H and O–H groups in total. The van der Waals surface area contributed by atoms with Gasteiger partial charge in [0.15, 0.2) is 0 Å². The zero-order chi connectivity index (χ0) is 16.3. The van der Waals surface area contributed by atoms with Crippen LogP contribution in [0.5, 0.6) is 0 Å². The van der Waals surface area contributed by atoms with Crippen molar-refractivity contribution in [2.75, 3.05) is 20.1 Å². The Balaban J connectivity index is 1.92. The molecule has 1 amide bonds. The van der Waals surface area contributed by atoms with E-state index in [4.69, 9.17) is 0 Å². The van der Waals surface area contributed by atoms with Gasteiger partial charge in [-0.25, -0.2) is 0 Å². The summed E-state index contributed by atoms with van der Waals surface area (Å²) in [6.45, 7) is 10.4. The fraction of sp³-hybridized carbons (Fsp3) is 0.632. The van der Waals surface area contributed by atoms with Crippen LogP contribution in [0.4, 0.5) is 0 Å². The first-order valence-electron chi connectivity index (χ1n) is 8.37. The van der Waals surface area contributed by atoms with Gasteiger partial charge in [-0.2, -0.15) is 0 Å². The minimum atomic E-state index is -0.288. The summed E-state index contributed by atoms with van der Waals surface area (Å²) in [5, 5.41) is 0. The highest BCUT2D eigenvalue weighted by Crippen LogP contribution is 2.27. The number of nitrogens with zero attached hydrogens (tertiary/aromatic N) is 2. The molecule has 0 saturated carbocycles. The maximum Gasteiger partial charge on any atom is 0.227 e. The first kappa shape index (κ1) is 17.0. The van der Waals surface area contributed by atoms with Gasteiger partial charge in [-0.3, -0.25) is 9.69 Å². The summed E-state index contributed by atoms with van der Waals surface area (Å²) in [5.74, 6) is 0.252. The molecule has 0 radical (unpaired) electrons. The summed E-state index contributed by atoms with van der Waals surface area (Å²) in [6, 6.07) is 11.5. The number of hydrogen-bond donors (Lipinski definition) is 0. The summed E-state index contributed by atoms with van der Waals surface area (Å²) in [4.78, 5) is 16.9. The van der Waals surface area contributed by atoms with E-state index in [0.29, 0.717) is 12.1 Å². The molecular formula is C19H30N2O. The van der Waals surface area contributed by atoms with Crippen molar-refractivity contribution in [1.82, 2.24) is 9.80 Å². The van der Waals surface area contributed by atoms with Crippen LogP contribution in [-0.4, -0.2) is 41.9 Å². The lowest BCUT2D eigenvalue weighted by Crippen LogP contribution is -2.49. The van der Waals surface area contributed by atoms with Gasteiger partial charge in [0.05, 0.1) is 0 Å². The Labute approximate surface area is 135 Å². The minimum absolute atomic E-state index is 0.252. The molecule has 1 atom stereocenters. The van der Waals surface area contributed by atoms with E-state index in [1.165, 1.54) is 5.56 Å². The number of carbonyl (C=O) groups excluding carboxylic acids is 1. The van der Waals surface area contributed by atoms with E-state index in [9.17, 15) is 4.79 Å². The number of benzene rings is 1. The highest BCUT2D eigenvalue weighted by atomic mass is 16.2. The van der Waals surface area contributed by atoms with Gasteiger partial charge in [-0.1, -0.05) is 51.1 Å². The van der Waals surface area contributed by atoms with Crippen molar-refractivity contribution in [3.8, 4) is 0 Å². The second-order valence-corrected chi connectivity index (χ2v) is 7.52. The number of carbonyl (C=O) groups is 1. The fourth-order valence-electron chi connectivity index (χ4n) is 3.30. The van der Waals surface area contributed by atoms with E-state index < -0.39 is 0 Å². The standard InChI is InChI=1S/C19H30N2O/c1-15(16-9-7-6-8-10-16)21-13-11-17(12-14-21)20(5)18(22)19(2,3)4/h6-10,15,17H,11-14H2,1-5H3. The van der Waals surface area contributed by atoms with Crippen molar-refractivity contribution in [2.45, 2.75) is 52.6 Å². The zero-order valence-electron chi connectivity index (χ0n) is 14.7. The average molecular weight is 302 g/mol. The average Bonchev–Trinajstić information content (AvgIpc) is 2.53. The molecule has 3 heteroatoms. The molecule has 0 bridgehead atoms. The van der Waals surface area contributed by atoms with E-state index in [0.717, 1.165) is 25.9 Å². The van der Waals surface area contributed by atoms with Gasteiger partial charge in [0.1, 0.15) is 0 Å². The first-order chi connectivity index (χ1) is 10.3. The van der Waals surface area contributed by atoms with Crippen LogP contribution in [0.15, 0.2) is 30.3 Å². The van der Waals surface area contributed by atoms with Crippen molar-refractivity contribution in [2.24, 2.45) is 5.41 Å². The Morgan fingerprint density at radius 3 is 2.23 bits per heavy atom. The van der Waals surface area contributed by atoms with Crippen molar-refractivity contribution in [3.63, 3.8) is 0 Å². The molecular weight excluding hydrogens is 272 g/mol. The van der Waals surface area contributed by atoms with Crippen LogP contribution in [0.2, 0.25) is 0 Å². The Morgan fingerprint density at radius 1 is 1.18 bits per heavy atom. The molecule has 0 aromatic heterocycles. The van der Waals surface area contributed by atoms with Crippen molar-refractivity contribution in [1.29, 1.82) is 0 Å². The summed E-state index contributed by atoms with van der Waals surface area (Å²) in [5.41, 5.74) is 1.09. The lowest BCUT2D eigenvalue weighted by Gasteiger charge is -2.41. The van der Waals surface area contributed by atoms with Crippen molar-refractivity contribution >= 4 is 5.91 Å². The van der Waals surface area contributed by atoms with Crippen LogP contribution in [0.3, 0.4) is 0 Å². The van der Waals surface area contributed by atoms with Crippen molar-refractivity contribution in [3.05, 3.63) is 35.9 Å². The molecule has 0 spiro atoms. The Morgan fingerprint density at radius 2 is 1.73 bits per heavy atom. The molecule has 1 aromatic carbocycles. The van der Waals surface area contributed by atoms with Crippen LogP contribution in [0.25, 0.3) is 0 Å². The maximum absolute atomic E-state index is 12.4. The molecule has 122 valence electrons. The third-order valence-electron chi connectivity index (χ3n) is 4.84. The normalized spacial score (nSPS) is 19.0. The summed E-state index contributed by atoms with van der Waals surface area (Å²) in [6.07, 6.45) is 2.13. The largest absolute Gasteiger partial charge is 0.342 e. The summed E-state index contributed by atoms with van der Waals surface area (Å²) in [7, 11) is 1.97. The molecule has 1 aliphatic rings. The van der Waals surface area contributed by atoms with E-state index in [1.807, 2.05) is 32.7 Å². The van der Waals surface area contributed by atoms with Gasteiger partial charge in [0, 0.05) is 37.6 Å². The minimum Gasteiger partial charge on any atom is -0.342 e. The second-order valence-electron chi connectivity index (χ2n) is 7.52. The molecule has 1 heterocycles. The Kier molecular flexibility index (Phi) is 5.28. The van der Waals surface area contributed by atoms with Gasteiger partial charge in [0.2, 0.25) is 5.91 Å². The molecule has 22 heavy (non-hydrogen) atoms. The highest BCUT2D eigenvalue weighted by Gasteiger charge is 2.32. The molecule has 3 nitrogen and oxygen atoms in total. The van der Waals surface area contributed by atoms with Crippen LogP contribution in [0.1, 0.15) is 52.1 Å². The maximum atomic E-state index is 12.4. The molecule has 1 fully saturated rings. The molecule has 1 saturated heterocycles. The molecule has 0 aliphatic carbocycles. The van der Waals surface area contributed by atoms with E-state index in [2.05, 4.69) is 42.2 Å². The van der Waals surface area contributed by atoms with Gasteiger partial charge in [-0.05, 0) is 25.3 Å². The Bertz CT molecular complexity index is 484. The third kappa shape index (κ3) is 3.89. The monoisotopic (exact) mass is 302 g/mol. The lowest BCUT2D eigenvalue weighted by atomic mass is 9.92. The van der Waals surface area contributed by atoms with Gasteiger partial charge in [-0.15, -0.1) is 0 Å². The van der Waals surface area contributed by atoms with E-state index >= 15 is 0 Å². The van der Waals surface area contributed by atoms with Crippen LogP contribution >= 0.6 is 0 Å². The quantitative estimate of drug-likeness (QED) is 0.849. The van der Waals surface area contributed by atoms with Crippen LogP contribution in [0, 0.1) is 5.41 Å². The van der Waals surface area contributed by atoms with Gasteiger partial charge >= 0.3 is 0 Å². The predicted octanol–water partition coefficient (Wildman–Crippen LogP) is 3.72. The summed E-state index contributed by atoms with van der Waals surface area (Å²) >= 11 is 0. The van der Waals surface area contributed by atoms with E-state index in [-0.39, 0.29) is 11.3 Å². The Hall–Kier alpha value is -1.35. The number of likely N-dealkylation sites (tertiary alicyclic amines) is 1. The van der Waals surface area contributed by atoms with Gasteiger partial charge in [0.25, 0.3) is 0 Å². The van der Waals surface area contributed by atoms with Gasteiger partial charge < -0.3 is 4.90 Å². The summed E-state index contributed by atoms with van der Waals surface area (Å²) < 4.78 is 0. The lowest BCUT2D eigenvalue weighted by molar-refractivity contribution is -0.141. The van der Waals surface area contributed by atoms with Crippen LogP contribution in [-0.2, 0) is 4.79 Å². The predicted molar refractivity (Wildman–Crippen MR) is 91.7 cm³/mol. The molecule has 2 rings (SSSR count). The number of piperidine rings is 1. The number of rotatable bonds is 3. The number of amides is 1. The zero-order valence-corrected chi connectivity index (χ0v) is 14.7. The second kappa shape index (κ2) is 6.82. The van der Waals surface area contributed by atoms with Crippen LogP contribution < -0.4 is 0 Å². The molecule has 1 aliphatic heterocycles. The van der Waals surface area contributed by atoms with E-state index in [1.54, 1.807) is 0 Å². The highest BCUT2D eigenvalue weighted by molar-refractivity contribution is 5.81. The first-order valence-corrected chi connectivity index (χ1v) is 8.37. The topological polar surface area (TPSA) is 23.6 Å². The SMILES string of the molecule is CC(c1ccccc1)N1CCC(N(C)C(=O)C(C)(C)C)CC1. The molecule has 1 aromatic rings. The molecule has 1 unspecified atom stereocenters. The third-order valence-corrected chi connectivity index (χ3v) is 4.84. The van der Waals surface area contributed by atoms with Crippen molar-refractivity contribution < 1.29 is 4.79 Å². The number of hydrogen-bond acceptors (Lipinski definition) is 2. The smallest absolute Gasteiger partial charge is 0.227 e. The fourth-order valence-corrected chi connectivity index (χ4v) is 3.30.